The number of carboxylic acid groups (broad SMARTS) is 1. The van der Waals surface area contributed by atoms with Crippen LogP contribution in [0.25, 0.3) is 0 Å². The molecule has 1 aromatic heterocycles. The molecule has 2 aliphatic rings. The fraction of sp³-hybridized carbons (Fsp3) is 0.692. The average molecular weight is 267 g/mol. The minimum absolute atomic E-state index is 0.0973. The summed E-state index contributed by atoms with van der Waals surface area (Å²) in [5, 5.41) is 10.2. The Labute approximate surface area is 110 Å². The molecular formula is C13H17NO3S. The van der Waals surface area contributed by atoms with Crippen molar-refractivity contribution >= 4 is 17.3 Å². The highest BCUT2D eigenvalue weighted by Crippen LogP contribution is 2.47. The Morgan fingerprint density at radius 1 is 1.56 bits per heavy atom. The van der Waals surface area contributed by atoms with Crippen molar-refractivity contribution in [3.63, 3.8) is 0 Å². The van der Waals surface area contributed by atoms with Gasteiger partial charge in [0.2, 0.25) is 0 Å². The van der Waals surface area contributed by atoms with Crippen LogP contribution in [0.4, 0.5) is 0 Å². The number of aryl methyl sites for hydroxylation is 1. The van der Waals surface area contributed by atoms with E-state index < -0.39 is 11.9 Å². The smallest absolute Gasteiger partial charge is 0.312 e. The summed E-state index contributed by atoms with van der Waals surface area (Å²) in [4.78, 5) is 16.9. The Morgan fingerprint density at radius 2 is 2.33 bits per heavy atom. The maximum Gasteiger partial charge on any atom is 0.312 e. The van der Waals surface area contributed by atoms with Crippen molar-refractivity contribution in [2.75, 3.05) is 6.61 Å². The van der Waals surface area contributed by atoms with Crippen LogP contribution in [-0.2, 0) is 16.0 Å². The molecular weight excluding hydrogens is 250 g/mol. The average Bonchev–Trinajstić information content (AvgIpc) is 2.95. The van der Waals surface area contributed by atoms with Crippen LogP contribution < -0.4 is 0 Å². The molecule has 2 unspecified atom stereocenters. The zero-order chi connectivity index (χ0) is 12.7. The molecule has 1 heterocycles. The summed E-state index contributed by atoms with van der Waals surface area (Å²) < 4.78 is 5.79. The van der Waals surface area contributed by atoms with Gasteiger partial charge in [0.15, 0.2) is 0 Å². The van der Waals surface area contributed by atoms with Crippen LogP contribution in [0.3, 0.4) is 0 Å². The van der Waals surface area contributed by atoms with Gasteiger partial charge in [-0.1, -0.05) is 0 Å². The molecule has 2 aliphatic carbocycles. The lowest BCUT2D eigenvalue weighted by Gasteiger charge is -2.13. The second-order valence-corrected chi connectivity index (χ2v) is 6.12. The second kappa shape index (κ2) is 4.63. The Bertz CT molecular complexity index is 467. The molecule has 1 fully saturated rings. The first-order valence-electron chi connectivity index (χ1n) is 6.54. The molecule has 4 nitrogen and oxygen atoms in total. The third-order valence-corrected chi connectivity index (χ3v) is 4.86. The van der Waals surface area contributed by atoms with Crippen LogP contribution in [0, 0.1) is 5.92 Å². The van der Waals surface area contributed by atoms with Gasteiger partial charge in [-0.05, 0) is 38.5 Å². The molecule has 0 aromatic carbocycles. The number of nitrogens with zero attached hydrogens (tertiary/aromatic N) is 1. The summed E-state index contributed by atoms with van der Waals surface area (Å²) in [5.41, 5.74) is 0.799. The van der Waals surface area contributed by atoms with Crippen LogP contribution >= 0.6 is 11.3 Å². The topological polar surface area (TPSA) is 59.4 Å². The predicted molar refractivity (Wildman–Crippen MR) is 67.9 cm³/mol. The standard InChI is InChI=1S/C13H17NO3S/c1-2-17-11(7-3-4-7)12-14-10-8(13(15)16)5-6-9(10)18-12/h7-8,11H,2-6H2,1H3,(H,15,16). The van der Waals surface area contributed by atoms with E-state index in [2.05, 4.69) is 4.98 Å². The molecule has 1 N–H and O–H groups in total. The number of thiazole rings is 1. The Balaban J connectivity index is 1.86. The normalized spacial score (nSPS) is 23.9. The molecule has 0 radical (unpaired) electrons. The largest absolute Gasteiger partial charge is 0.481 e. The zero-order valence-electron chi connectivity index (χ0n) is 10.4. The molecule has 0 aliphatic heterocycles. The number of carboxylic acids is 1. The van der Waals surface area contributed by atoms with Gasteiger partial charge in [-0.15, -0.1) is 11.3 Å². The first-order chi connectivity index (χ1) is 8.70. The minimum atomic E-state index is -0.745. The van der Waals surface area contributed by atoms with Gasteiger partial charge in [0.05, 0.1) is 5.69 Å². The van der Waals surface area contributed by atoms with Crippen LogP contribution in [0.5, 0.6) is 0 Å². The first-order valence-corrected chi connectivity index (χ1v) is 7.36. The van der Waals surface area contributed by atoms with Crippen molar-refractivity contribution in [3.05, 3.63) is 15.6 Å². The van der Waals surface area contributed by atoms with Gasteiger partial charge in [-0.25, -0.2) is 4.98 Å². The molecule has 0 saturated heterocycles. The van der Waals surface area contributed by atoms with Gasteiger partial charge < -0.3 is 9.84 Å². The second-order valence-electron chi connectivity index (χ2n) is 5.00. The van der Waals surface area contributed by atoms with E-state index in [4.69, 9.17) is 9.84 Å². The van der Waals surface area contributed by atoms with Crippen LogP contribution in [0.1, 0.15) is 53.8 Å². The lowest BCUT2D eigenvalue weighted by Crippen LogP contribution is -2.10. The van der Waals surface area contributed by atoms with Gasteiger partial charge in [-0.3, -0.25) is 4.79 Å². The maximum atomic E-state index is 11.1. The van der Waals surface area contributed by atoms with Gasteiger partial charge in [0, 0.05) is 11.5 Å². The lowest BCUT2D eigenvalue weighted by molar-refractivity contribution is -0.138. The van der Waals surface area contributed by atoms with Crippen LogP contribution in [-0.4, -0.2) is 22.7 Å². The van der Waals surface area contributed by atoms with Crippen molar-refractivity contribution < 1.29 is 14.6 Å². The molecule has 1 aromatic rings. The fourth-order valence-electron chi connectivity index (χ4n) is 2.60. The summed E-state index contributed by atoms with van der Waals surface area (Å²) in [6.45, 7) is 2.69. The Kier molecular flexibility index (Phi) is 3.11. The number of fused-ring (bicyclic) bond motifs is 1. The van der Waals surface area contributed by atoms with E-state index in [9.17, 15) is 4.79 Å². The summed E-state index contributed by atoms with van der Waals surface area (Å²) in [6.07, 6.45) is 4.06. The summed E-state index contributed by atoms with van der Waals surface area (Å²) >= 11 is 1.66. The summed E-state index contributed by atoms with van der Waals surface area (Å²) in [6, 6.07) is 0. The molecule has 1 saturated carbocycles. The van der Waals surface area contributed by atoms with E-state index in [0.717, 1.165) is 22.0 Å². The molecule has 2 atom stereocenters. The highest BCUT2D eigenvalue weighted by molar-refractivity contribution is 7.11. The van der Waals surface area contributed by atoms with Gasteiger partial charge >= 0.3 is 5.97 Å². The zero-order valence-corrected chi connectivity index (χ0v) is 11.2. The minimum Gasteiger partial charge on any atom is -0.481 e. The van der Waals surface area contributed by atoms with Crippen LogP contribution in [0.2, 0.25) is 0 Å². The molecule has 5 heteroatoms. The molecule has 0 spiro atoms. The number of aliphatic carboxylic acids is 1. The predicted octanol–water partition coefficient (Wildman–Crippen LogP) is 2.75. The summed E-state index contributed by atoms with van der Waals surface area (Å²) in [7, 11) is 0. The quantitative estimate of drug-likeness (QED) is 0.891. The van der Waals surface area contributed by atoms with E-state index >= 15 is 0 Å². The van der Waals surface area contributed by atoms with E-state index in [1.807, 2.05) is 6.92 Å². The van der Waals surface area contributed by atoms with Crippen molar-refractivity contribution in [2.45, 2.75) is 44.6 Å². The fourth-order valence-corrected chi connectivity index (χ4v) is 3.88. The first kappa shape index (κ1) is 12.1. The highest BCUT2D eigenvalue weighted by atomic mass is 32.1. The van der Waals surface area contributed by atoms with Crippen molar-refractivity contribution in [3.8, 4) is 0 Å². The Morgan fingerprint density at radius 3 is 2.94 bits per heavy atom. The molecule has 3 rings (SSSR count). The SMILES string of the molecule is CCOC(c1nc2c(s1)CCC2C(=O)O)C1CC1. The van der Waals surface area contributed by atoms with Gasteiger partial charge in [-0.2, -0.15) is 0 Å². The van der Waals surface area contributed by atoms with E-state index in [0.29, 0.717) is 18.9 Å². The van der Waals surface area contributed by atoms with Gasteiger partial charge in [0.25, 0.3) is 0 Å². The van der Waals surface area contributed by atoms with Crippen molar-refractivity contribution in [1.29, 1.82) is 0 Å². The van der Waals surface area contributed by atoms with Crippen LogP contribution in [0.15, 0.2) is 0 Å². The number of hydrogen-bond donors (Lipinski definition) is 1. The van der Waals surface area contributed by atoms with Crippen molar-refractivity contribution in [1.82, 2.24) is 4.98 Å². The molecule has 0 amide bonds. The number of rotatable bonds is 5. The number of carbonyl (C=O) groups is 1. The third-order valence-electron chi connectivity index (χ3n) is 3.67. The number of ether oxygens (including phenoxy) is 1. The number of aromatic nitrogens is 1. The van der Waals surface area contributed by atoms with E-state index in [-0.39, 0.29) is 6.10 Å². The monoisotopic (exact) mass is 267 g/mol. The molecule has 0 bridgehead atoms. The third kappa shape index (κ3) is 2.06. The van der Waals surface area contributed by atoms with Gasteiger partial charge in [0.1, 0.15) is 17.0 Å². The lowest BCUT2D eigenvalue weighted by atomic mass is 10.1. The van der Waals surface area contributed by atoms with Crippen molar-refractivity contribution in [2.24, 2.45) is 5.92 Å². The summed E-state index contributed by atoms with van der Waals surface area (Å²) in [5.74, 6) is -0.545. The van der Waals surface area contributed by atoms with E-state index in [1.54, 1.807) is 11.3 Å². The van der Waals surface area contributed by atoms with E-state index in [1.165, 1.54) is 12.8 Å². The molecule has 98 valence electrons. The molecule has 18 heavy (non-hydrogen) atoms. The Hall–Kier alpha value is -0.940. The maximum absolute atomic E-state index is 11.1. The number of hydrogen-bond acceptors (Lipinski definition) is 4. The highest BCUT2D eigenvalue weighted by Gasteiger charge is 2.38.